The molecule has 0 aromatic heterocycles. The zero-order chi connectivity index (χ0) is 81.3. The monoisotopic (exact) mass is 1670 g/mol. The van der Waals surface area contributed by atoms with E-state index in [9.17, 15) is 0 Å². The van der Waals surface area contributed by atoms with E-state index in [4.69, 9.17) is 0 Å². The molecule has 0 saturated carbocycles. The summed E-state index contributed by atoms with van der Waals surface area (Å²) in [5.74, 6) is 0. The molecule has 0 saturated heterocycles. The van der Waals surface area contributed by atoms with Gasteiger partial charge in [0.2, 0.25) is 0 Å². The van der Waals surface area contributed by atoms with Crippen molar-refractivity contribution in [2.24, 2.45) is 0 Å². The minimum absolute atomic E-state index is 0.0343. The van der Waals surface area contributed by atoms with Gasteiger partial charge in [-0.1, -0.05) is 0 Å². The fourth-order valence-corrected chi connectivity index (χ4v) is 24.6. The topological polar surface area (TPSA) is 0 Å². The molecular formula is C88H48BrF24P. The van der Waals surface area contributed by atoms with E-state index in [1.807, 2.05) is 72.8 Å². The van der Waals surface area contributed by atoms with Crippen LogP contribution in [0.15, 0.2) is 243 Å². The molecule has 0 atom stereocenters. The Morgan fingerprint density at radius 3 is 0.658 bits per heavy atom. The molecule has 26 heteroatoms. The van der Waals surface area contributed by atoms with Crippen molar-refractivity contribution in [1.29, 1.82) is 0 Å². The van der Waals surface area contributed by atoms with E-state index >= 15 is 105 Å². The molecule has 1 spiro atoms. The van der Waals surface area contributed by atoms with Crippen LogP contribution in [0.5, 0.6) is 0 Å². The molecule has 114 heavy (non-hydrogen) atoms. The number of hydrogen-bond donors (Lipinski definition) is 0. The number of rotatable bonds is 6. The van der Waals surface area contributed by atoms with Crippen LogP contribution in [0.1, 0.15) is 66.8 Å². The van der Waals surface area contributed by atoms with E-state index in [0.717, 1.165) is 69.1 Å². The predicted octanol–water partition coefficient (Wildman–Crippen LogP) is 31.4. The van der Waals surface area contributed by atoms with Gasteiger partial charge >= 0.3 is 642 Å². The quantitative estimate of drug-likeness (QED) is 0.115. The summed E-state index contributed by atoms with van der Waals surface area (Å²) in [4.78, 5) is 0. The van der Waals surface area contributed by atoms with Crippen LogP contribution in [0.4, 0.5) is 105 Å². The molecule has 0 nitrogen and oxygen atoms in total. The van der Waals surface area contributed by atoms with Gasteiger partial charge in [-0.15, -0.1) is 0 Å². The molecule has 14 aromatic rings. The Bertz CT molecular complexity index is 5650. The molecule has 2 aliphatic heterocycles. The van der Waals surface area contributed by atoms with Gasteiger partial charge in [0.1, 0.15) is 0 Å². The summed E-state index contributed by atoms with van der Waals surface area (Å²) in [7, 11) is 0. The van der Waals surface area contributed by atoms with Gasteiger partial charge in [-0.05, 0) is 0 Å². The fraction of sp³-hybridized carbons (Fsp3) is 0.136. The van der Waals surface area contributed by atoms with Gasteiger partial charge in [0, 0.05) is 0 Å². The van der Waals surface area contributed by atoms with E-state index < -0.39 is 144 Å². The zero-order valence-electron chi connectivity index (χ0n) is 57.8. The Morgan fingerprint density at radius 1 is 0.202 bits per heavy atom. The molecule has 2 heterocycles. The van der Waals surface area contributed by atoms with Crippen molar-refractivity contribution in [2.45, 2.75) is 74.1 Å². The van der Waals surface area contributed by atoms with Crippen LogP contribution in [0.2, 0.25) is 0 Å². The average Bonchev–Trinajstić information content (AvgIpc) is 1.53. The van der Waals surface area contributed by atoms with Gasteiger partial charge in [0.25, 0.3) is 0 Å². The molecule has 0 unspecified atom stereocenters. The van der Waals surface area contributed by atoms with Gasteiger partial charge in [-0.25, -0.2) is 0 Å². The number of benzene rings is 14. The normalized spacial score (nSPS) is 15.1. The molecule has 0 N–H and O–H groups in total. The van der Waals surface area contributed by atoms with Crippen molar-refractivity contribution < 1.29 is 105 Å². The standard InChI is InChI=1S/C88H48BrF24P/c89-114(41-49-19-17-45-9-1-5-13-69(45)77(49)78-50(42-114)20-18-46-10-2-6-14-70(46)78)43-75-73(59-23-51(55-27-61(81(90,91)92)37-62(28-55)82(93,94)95)21-52(24-59)56-29-63(83(96,97)98)38-64(30-56)84(99,100)101)35-47-11-3-7-15-71(47)79(75)80-72-16-8-4-12-48(72)36-74(76(80)44-114)60-25-53(57-31-65(85(102,103)104)39-66(32-57)86(105,106)107)22-54(26-60)58-33-67(87(108,109)110)40-68(34-58)88(111,112)113/h1-40H,41-44H2. The molecule has 14 aromatic carbocycles. The molecular weight excluding hydrogens is 1620 g/mol. The van der Waals surface area contributed by atoms with E-state index in [2.05, 4.69) is 15.5 Å². The molecule has 580 valence electrons. The number of halogens is 25. The van der Waals surface area contributed by atoms with Crippen LogP contribution < -0.4 is 0 Å². The maximum absolute atomic E-state index is 15.1. The first-order valence-electron chi connectivity index (χ1n) is 34.6. The summed E-state index contributed by atoms with van der Waals surface area (Å²) >= 11 is 4.66. The Kier molecular flexibility index (Phi) is 17.9. The van der Waals surface area contributed by atoms with Crippen molar-refractivity contribution in [3.05, 3.63) is 309 Å². The summed E-state index contributed by atoms with van der Waals surface area (Å²) in [6, 6.07) is 46.9. The Balaban J connectivity index is 1.09. The molecule has 0 bridgehead atoms. The maximum atomic E-state index is 15.1. The Hall–Kier alpha value is -10.7. The van der Waals surface area contributed by atoms with Gasteiger partial charge in [-0.2, -0.15) is 0 Å². The fourth-order valence-electron chi connectivity index (χ4n) is 16.4. The van der Waals surface area contributed by atoms with E-state index in [1.165, 1.54) is 0 Å². The second-order valence-corrected chi connectivity index (χ2v) is 39.8. The van der Waals surface area contributed by atoms with Gasteiger partial charge in [0.15, 0.2) is 0 Å². The van der Waals surface area contributed by atoms with E-state index in [-0.39, 0.29) is 104 Å². The van der Waals surface area contributed by atoms with Crippen LogP contribution in [-0.2, 0) is 74.1 Å². The summed E-state index contributed by atoms with van der Waals surface area (Å²) in [5.41, 5.74) is -16.9. The SMILES string of the molecule is FC(F)(F)c1cc(-c2cc(-c3cc(C(F)(F)F)cc(C(F)(F)F)c3)cc(-c3cc4ccccc4c4c3CP3(Br)(Cc5ccc6ccccc6c5-c5c(ccc6ccccc56)C3)Cc3c(-c5cc(-c6cc(C(F)(F)F)cc(C(F)(F)F)c6)cc(-c6cc(C(F)(F)F)cc(C(F)(F)F)c6)c5)cc5ccccc5c3-4)c2)cc(C(F)(F)F)c1. The summed E-state index contributed by atoms with van der Waals surface area (Å²) in [6.07, 6.45) is -44.3. The van der Waals surface area contributed by atoms with Crippen LogP contribution in [-0.4, -0.2) is 0 Å². The number of alkyl halides is 24. The number of hydrogen-bond acceptors (Lipinski definition) is 0. The molecule has 0 amide bonds. The van der Waals surface area contributed by atoms with Gasteiger partial charge in [-0.3, -0.25) is 0 Å². The average molecular weight is 1670 g/mol. The molecule has 16 rings (SSSR count). The van der Waals surface area contributed by atoms with Crippen molar-refractivity contribution in [3.8, 4) is 89.0 Å². The minimum atomic E-state index is -5.51. The van der Waals surface area contributed by atoms with Crippen molar-refractivity contribution in [1.82, 2.24) is 0 Å². The van der Waals surface area contributed by atoms with Gasteiger partial charge in [0.05, 0.1) is 0 Å². The van der Waals surface area contributed by atoms with Crippen LogP contribution in [0.3, 0.4) is 0 Å². The molecule has 0 fully saturated rings. The molecule has 0 radical (unpaired) electrons. The first-order chi connectivity index (χ1) is 53.2. The summed E-state index contributed by atoms with van der Waals surface area (Å²) in [6.45, 7) is 0. The predicted molar refractivity (Wildman–Crippen MR) is 397 cm³/mol. The third kappa shape index (κ3) is 14.3. The van der Waals surface area contributed by atoms with Crippen molar-refractivity contribution >= 4 is 63.9 Å². The van der Waals surface area contributed by atoms with Crippen molar-refractivity contribution in [3.63, 3.8) is 0 Å². The molecule has 0 aliphatic carbocycles. The Morgan fingerprint density at radius 2 is 0.412 bits per heavy atom. The third-order valence-corrected chi connectivity index (χ3v) is 28.7. The van der Waals surface area contributed by atoms with E-state index in [0.29, 0.717) is 70.4 Å². The Labute approximate surface area is 638 Å². The second kappa shape index (κ2) is 26.5. The number of fused-ring (bicyclic) bond motifs is 14. The zero-order valence-corrected chi connectivity index (χ0v) is 60.3. The summed E-state index contributed by atoms with van der Waals surface area (Å²) < 4.78 is 361. The first-order valence-corrected chi connectivity index (χ1v) is 39.6. The third-order valence-electron chi connectivity index (χ3n) is 21.3. The van der Waals surface area contributed by atoms with Crippen LogP contribution in [0.25, 0.3) is 132 Å². The first kappa shape index (κ1) is 77.3. The van der Waals surface area contributed by atoms with Crippen molar-refractivity contribution in [2.75, 3.05) is 0 Å². The molecule has 2 aliphatic rings. The summed E-state index contributed by atoms with van der Waals surface area (Å²) in [5, 5.41) is -0.281. The second-order valence-electron chi connectivity index (χ2n) is 28.9. The van der Waals surface area contributed by atoms with Crippen LogP contribution in [0, 0.1) is 0 Å². The van der Waals surface area contributed by atoms with E-state index in [1.54, 1.807) is 60.7 Å². The van der Waals surface area contributed by atoms with Crippen LogP contribution >= 0.6 is 20.8 Å². The van der Waals surface area contributed by atoms with Gasteiger partial charge < -0.3 is 0 Å².